The SMILES string of the molecule is Cc1nc(-c2ccc(NCC(O)CN3CCN(S(=O)(=O)c4cccc5ccccc45)CC3)cc2)no1. The van der Waals surface area contributed by atoms with Crippen LogP contribution in [0.4, 0.5) is 5.69 Å². The third-order valence-corrected chi connectivity index (χ3v) is 8.34. The van der Waals surface area contributed by atoms with Crippen molar-refractivity contribution in [2.24, 2.45) is 0 Å². The predicted molar refractivity (Wildman–Crippen MR) is 138 cm³/mol. The number of benzene rings is 3. The minimum atomic E-state index is -3.59. The van der Waals surface area contributed by atoms with Crippen LogP contribution in [0.1, 0.15) is 5.89 Å². The summed E-state index contributed by atoms with van der Waals surface area (Å²) in [5.74, 6) is 1.06. The first-order valence-electron chi connectivity index (χ1n) is 11.9. The lowest BCUT2D eigenvalue weighted by Crippen LogP contribution is -2.50. The Balaban J connectivity index is 1.12. The van der Waals surface area contributed by atoms with Gasteiger partial charge >= 0.3 is 0 Å². The van der Waals surface area contributed by atoms with Crippen molar-refractivity contribution in [3.05, 3.63) is 72.6 Å². The van der Waals surface area contributed by atoms with Gasteiger partial charge in [-0.25, -0.2) is 8.42 Å². The van der Waals surface area contributed by atoms with E-state index in [0.29, 0.717) is 55.9 Å². The molecule has 188 valence electrons. The number of nitrogens with one attached hydrogen (secondary N) is 1. The van der Waals surface area contributed by atoms with Crippen molar-refractivity contribution in [2.45, 2.75) is 17.9 Å². The van der Waals surface area contributed by atoms with Crippen LogP contribution in [0.15, 0.2) is 76.1 Å². The Bertz CT molecular complexity index is 1430. The molecular weight excluding hydrogens is 478 g/mol. The fourth-order valence-corrected chi connectivity index (χ4v) is 6.10. The van der Waals surface area contributed by atoms with Crippen LogP contribution >= 0.6 is 0 Å². The Labute approximate surface area is 210 Å². The molecule has 0 saturated carbocycles. The molecule has 0 spiro atoms. The molecule has 0 amide bonds. The number of sulfonamides is 1. The van der Waals surface area contributed by atoms with Crippen molar-refractivity contribution in [3.63, 3.8) is 0 Å². The zero-order valence-electron chi connectivity index (χ0n) is 20.0. The molecule has 1 aromatic heterocycles. The molecule has 3 aromatic carbocycles. The first-order valence-corrected chi connectivity index (χ1v) is 13.4. The van der Waals surface area contributed by atoms with E-state index in [1.165, 1.54) is 0 Å². The summed E-state index contributed by atoms with van der Waals surface area (Å²) in [6.07, 6.45) is -0.592. The normalized spacial score (nSPS) is 16.3. The second-order valence-corrected chi connectivity index (χ2v) is 10.8. The molecule has 10 heteroatoms. The van der Waals surface area contributed by atoms with Gasteiger partial charge in [-0.3, -0.25) is 4.90 Å². The smallest absolute Gasteiger partial charge is 0.243 e. The summed E-state index contributed by atoms with van der Waals surface area (Å²) in [6.45, 7) is 4.52. The van der Waals surface area contributed by atoms with Crippen LogP contribution in [-0.2, 0) is 10.0 Å². The van der Waals surface area contributed by atoms with Gasteiger partial charge in [-0.1, -0.05) is 41.6 Å². The minimum Gasteiger partial charge on any atom is -0.390 e. The highest BCUT2D eigenvalue weighted by Gasteiger charge is 2.30. The monoisotopic (exact) mass is 507 g/mol. The number of nitrogens with zero attached hydrogens (tertiary/aromatic N) is 4. The Morgan fingerprint density at radius 1 is 1.00 bits per heavy atom. The minimum absolute atomic E-state index is 0.346. The van der Waals surface area contributed by atoms with Gasteiger partial charge in [-0.05, 0) is 35.7 Å². The molecule has 0 radical (unpaired) electrons. The van der Waals surface area contributed by atoms with E-state index in [1.807, 2.05) is 54.6 Å². The molecule has 4 aromatic rings. The number of rotatable bonds is 8. The van der Waals surface area contributed by atoms with Crippen LogP contribution < -0.4 is 5.32 Å². The van der Waals surface area contributed by atoms with E-state index in [2.05, 4.69) is 20.4 Å². The summed E-state index contributed by atoms with van der Waals surface area (Å²) in [5.41, 5.74) is 1.73. The predicted octanol–water partition coefficient (Wildman–Crippen LogP) is 2.98. The van der Waals surface area contributed by atoms with E-state index < -0.39 is 16.1 Å². The summed E-state index contributed by atoms with van der Waals surface area (Å²) in [5, 5.41) is 19.4. The number of β-amino-alcohol motifs (C(OH)–C–C–N with tert-alkyl or cyclic N) is 1. The largest absolute Gasteiger partial charge is 0.390 e. The fourth-order valence-electron chi connectivity index (χ4n) is 4.46. The molecule has 36 heavy (non-hydrogen) atoms. The molecule has 5 rings (SSSR count). The third kappa shape index (κ3) is 5.26. The number of hydrogen-bond acceptors (Lipinski definition) is 8. The van der Waals surface area contributed by atoms with Gasteiger partial charge in [0.25, 0.3) is 0 Å². The van der Waals surface area contributed by atoms with Gasteiger partial charge in [-0.2, -0.15) is 9.29 Å². The molecule has 1 unspecified atom stereocenters. The number of aromatic nitrogens is 2. The van der Waals surface area contributed by atoms with Crippen molar-refractivity contribution >= 4 is 26.5 Å². The van der Waals surface area contributed by atoms with E-state index in [0.717, 1.165) is 22.0 Å². The Morgan fingerprint density at radius 3 is 2.44 bits per heavy atom. The summed E-state index contributed by atoms with van der Waals surface area (Å²) < 4.78 is 33.2. The van der Waals surface area contributed by atoms with E-state index in [4.69, 9.17) is 4.52 Å². The maximum Gasteiger partial charge on any atom is 0.243 e. The summed E-state index contributed by atoms with van der Waals surface area (Å²) in [4.78, 5) is 6.66. The second kappa shape index (κ2) is 10.4. The van der Waals surface area contributed by atoms with E-state index in [-0.39, 0.29) is 0 Å². The Morgan fingerprint density at radius 2 is 1.72 bits per heavy atom. The third-order valence-electron chi connectivity index (χ3n) is 6.38. The van der Waals surface area contributed by atoms with Crippen molar-refractivity contribution in [3.8, 4) is 11.4 Å². The Kier molecular flexibility index (Phi) is 7.01. The van der Waals surface area contributed by atoms with Crippen LogP contribution in [0.2, 0.25) is 0 Å². The molecule has 1 aliphatic rings. The van der Waals surface area contributed by atoms with Gasteiger partial charge in [0.05, 0.1) is 11.0 Å². The number of piperazine rings is 1. The molecule has 1 saturated heterocycles. The van der Waals surface area contributed by atoms with Gasteiger partial charge < -0.3 is 14.9 Å². The number of aliphatic hydroxyl groups is 1. The van der Waals surface area contributed by atoms with Crippen molar-refractivity contribution in [1.29, 1.82) is 0 Å². The number of aryl methyl sites for hydroxylation is 1. The van der Waals surface area contributed by atoms with E-state index in [1.54, 1.807) is 23.4 Å². The average Bonchev–Trinajstić information content (AvgIpc) is 3.34. The maximum absolute atomic E-state index is 13.3. The van der Waals surface area contributed by atoms with Gasteiger partial charge in [0.15, 0.2) is 0 Å². The maximum atomic E-state index is 13.3. The Hall–Kier alpha value is -3.31. The lowest BCUT2D eigenvalue weighted by Gasteiger charge is -2.35. The quantitative estimate of drug-likeness (QED) is 0.374. The highest BCUT2D eigenvalue weighted by molar-refractivity contribution is 7.89. The van der Waals surface area contributed by atoms with Gasteiger partial charge in [0, 0.05) is 62.8 Å². The molecule has 0 aliphatic carbocycles. The lowest BCUT2D eigenvalue weighted by atomic mass is 10.1. The van der Waals surface area contributed by atoms with Crippen LogP contribution in [-0.4, -0.2) is 78.2 Å². The van der Waals surface area contributed by atoms with Crippen molar-refractivity contribution in [2.75, 3.05) is 44.6 Å². The molecule has 0 bridgehead atoms. The number of anilines is 1. The molecule has 1 aliphatic heterocycles. The van der Waals surface area contributed by atoms with Crippen molar-refractivity contribution < 1.29 is 18.0 Å². The first-order chi connectivity index (χ1) is 17.4. The zero-order valence-corrected chi connectivity index (χ0v) is 20.9. The van der Waals surface area contributed by atoms with Gasteiger partial charge in [-0.15, -0.1) is 0 Å². The summed E-state index contributed by atoms with van der Waals surface area (Å²) in [7, 11) is -3.59. The number of aliphatic hydroxyl groups excluding tert-OH is 1. The first kappa shape index (κ1) is 24.4. The molecule has 1 fully saturated rings. The molecule has 2 heterocycles. The topological polar surface area (TPSA) is 112 Å². The summed E-state index contributed by atoms with van der Waals surface area (Å²) in [6, 6.07) is 20.5. The van der Waals surface area contributed by atoms with Crippen LogP contribution in [0.25, 0.3) is 22.2 Å². The van der Waals surface area contributed by atoms with E-state index in [9.17, 15) is 13.5 Å². The van der Waals surface area contributed by atoms with Gasteiger partial charge in [0.1, 0.15) is 0 Å². The zero-order chi connectivity index (χ0) is 25.1. The highest BCUT2D eigenvalue weighted by Crippen LogP contribution is 2.26. The average molecular weight is 508 g/mol. The van der Waals surface area contributed by atoms with Crippen molar-refractivity contribution in [1.82, 2.24) is 19.3 Å². The molecular formula is C26H29N5O4S. The molecule has 2 N–H and O–H groups in total. The second-order valence-electron chi connectivity index (χ2n) is 8.93. The summed E-state index contributed by atoms with van der Waals surface area (Å²) >= 11 is 0. The number of fused-ring (bicyclic) bond motifs is 1. The van der Waals surface area contributed by atoms with Crippen LogP contribution in [0, 0.1) is 6.92 Å². The standard InChI is InChI=1S/C26H29N5O4S/c1-19-28-26(29-35-19)21-9-11-22(12-10-21)27-17-23(32)18-30-13-15-31(16-14-30)36(33,34)25-8-4-6-20-5-2-3-7-24(20)25/h2-12,23,27,32H,13-18H2,1H3. The van der Waals surface area contributed by atoms with Gasteiger partial charge in [0.2, 0.25) is 21.7 Å². The van der Waals surface area contributed by atoms with Crippen LogP contribution in [0.5, 0.6) is 0 Å². The molecule has 1 atom stereocenters. The van der Waals surface area contributed by atoms with Crippen LogP contribution in [0.3, 0.4) is 0 Å². The fraction of sp³-hybridized carbons (Fsp3) is 0.308. The van der Waals surface area contributed by atoms with E-state index >= 15 is 0 Å². The highest BCUT2D eigenvalue weighted by atomic mass is 32.2. The lowest BCUT2D eigenvalue weighted by molar-refractivity contribution is 0.0994. The molecule has 9 nitrogen and oxygen atoms in total. The number of hydrogen-bond donors (Lipinski definition) is 2.